The largest absolute Gasteiger partial charge is 1.00 e. The maximum Gasteiger partial charge on any atom is 1.00 e. The van der Waals surface area contributed by atoms with Gasteiger partial charge in [-0.3, -0.25) is 0 Å². The molecule has 0 heterocycles. The molecule has 3 nitrogen and oxygen atoms in total. The van der Waals surface area contributed by atoms with Crippen molar-refractivity contribution >= 4 is 20.9 Å². The fraction of sp³-hybridized carbons (Fsp3) is 0.474. The van der Waals surface area contributed by atoms with Gasteiger partial charge in [0, 0.05) is 0 Å². The minimum absolute atomic E-state index is 0. The first-order valence-corrected chi connectivity index (χ1v) is 9.91. The molecule has 0 atom stereocenters. The zero-order chi connectivity index (χ0) is 16.7. The Hall–Kier alpha value is 0.246. The van der Waals surface area contributed by atoms with Gasteiger partial charge in [-0.05, 0) is 41.3 Å². The summed E-state index contributed by atoms with van der Waals surface area (Å²) >= 11 is 0. The van der Waals surface area contributed by atoms with Gasteiger partial charge >= 0.3 is 51.4 Å². The van der Waals surface area contributed by atoms with Crippen LogP contribution in [0, 0.1) is 0 Å². The Morgan fingerprint density at radius 2 is 1.58 bits per heavy atom. The molecule has 24 heavy (non-hydrogen) atoms. The first kappa shape index (κ1) is 22.3. The van der Waals surface area contributed by atoms with Crippen molar-refractivity contribution in [2.75, 3.05) is 0 Å². The Morgan fingerprint density at radius 3 is 2.25 bits per heavy atom. The third-order valence-electron chi connectivity index (χ3n) is 4.28. The minimum atomic E-state index is -4.40. The van der Waals surface area contributed by atoms with Crippen LogP contribution in [-0.2, 0) is 16.5 Å². The molecule has 2 aromatic carbocycles. The van der Waals surface area contributed by atoms with Crippen LogP contribution in [0.15, 0.2) is 41.3 Å². The molecule has 0 aliphatic rings. The molecule has 0 aromatic heterocycles. The fourth-order valence-electron chi connectivity index (χ4n) is 2.96. The number of hydrogen-bond donors (Lipinski definition) is 0. The van der Waals surface area contributed by atoms with Crippen molar-refractivity contribution in [3.63, 3.8) is 0 Å². The summed E-state index contributed by atoms with van der Waals surface area (Å²) < 4.78 is 33.7. The number of rotatable bonds is 9. The van der Waals surface area contributed by atoms with Crippen LogP contribution < -0.4 is 51.4 Å². The van der Waals surface area contributed by atoms with E-state index in [-0.39, 0.29) is 56.3 Å². The molecule has 2 aromatic rings. The molecule has 0 amide bonds. The van der Waals surface area contributed by atoms with Crippen molar-refractivity contribution < 1.29 is 64.4 Å². The first-order chi connectivity index (χ1) is 11.0. The van der Waals surface area contributed by atoms with Gasteiger partial charge < -0.3 is 4.55 Å². The van der Waals surface area contributed by atoms with Gasteiger partial charge in [0.05, 0.1) is 4.90 Å². The van der Waals surface area contributed by atoms with Crippen LogP contribution >= 0.6 is 0 Å². The van der Waals surface area contributed by atoms with Gasteiger partial charge in [-0.2, -0.15) is 0 Å². The molecule has 0 aliphatic heterocycles. The van der Waals surface area contributed by atoms with E-state index in [1.165, 1.54) is 50.7 Å². The predicted octanol–water partition coefficient (Wildman–Crippen LogP) is 2.04. The molecular formula is C19H25KO3S. The summed E-state index contributed by atoms with van der Waals surface area (Å²) in [5.41, 5.74) is 1.13. The maximum atomic E-state index is 11.2. The Kier molecular flexibility index (Phi) is 10.3. The topological polar surface area (TPSA) is 57.2 Å². The van der Waals surface area contributed by atoms with Gasteiger partial charge in [-0.1, -0.05) is 69.7 Å². The van der Waals surface area contributed by atoms with Crippen LogP contribution in [0.3, 0.4) is 0 Å². The molecule has 0 saturated heterocycles. The zero-order valence-corrected chi connectivity index (χ0v) is 18.7. The van der Waals surface area contributed by atoms with Gasteiger partial charge in [-0.15, -0.1) is 0 Å². The molecular weight excluding hydrogens is 347 g/mol. The third kappa shape index (κ3) is 6.87. The zero-order valence-electron chi connectivity index (χ0n) is 14.8. The van der Waals surface area contributed by atoms with Gasteiger partial charge in [0.15, 0.2) is 0 Å². The van der Waals surface area contributed by atoms with Gasteiger partial charge in [0.2, 0.25) is 0 Å². The first-order valence-electron chi connectivity index (χ1n) is 8.50. The molecule has 5 heteroatoms. The van der Waals surface area contributed by atoms with Crippen molar-refractivity contribution in [2.24, 2.45) is 0 Å². The summed E-state index contributed by atoms with van der Waals surface area (Å²) in [5, 5.41) is 1.87. The monoisotopic (exact) mass is 372 g/mol. The normalized spacial score (nSPS) is 11.4. The smallest absolute Gasteiger partial charge is 0.744 e. The van der Waals surface area contributed by atoms with E-state index in [0.717, 1.165) is 29.2 Å². The van der Waals surface area contributed by atoms with E-state index in [9.17, 15) is 13.0 Å². The second kappa shape index (κ2) is 11.1. The van der Waals surface area contributed by atoms with E-state index < -0.39 is 10.1 Å². The molecule has 2 rings (SSSR count). The summed E-state index contributed by atoms with van der Waals surface area (Å²) in [6.07, 6.45) is 9.66. The van der Waals surface area contributed by atoms with Crippen LogP contribution in [0.2, 0.25) is 0 Å². The molecule has 0 bridgehead atoms. The van der Waals surface area contributed by atoms with E-state index in [4.69, 9.17) is 0 Å². The van der Waals surface area contributed by atoms with Crippen LogP contribution in [0.4, 0.5) is 0 Å². The number of hydrogen-bond acceptors (Lipinski definition) is 3. The average molecular weight is 373 g/mol. The van der Waals surface area contributed by atoms with Crippen LogP contribution in [0.25, 0.3) is 10.8 Å². The Morgan fingerprint density at radius 1 is 0.917 bits per heavy atom. The Balaban J connectivity index is 0.00000288. The SMILES string of the molecule is CCCCCCCCCc1cccc2ccc(S(=O)(=O)[O-])cc12.[K+]. The maximum absolute atomic E-state index is 11.2. The van der Waals surface area contributed by atoms with Crippen molar-refractivity contribution in [2.45, 2.75) is 63.2 Å². The number of benzene rings is 2. The summed E-state index contributed by atoms with van der Waals surface area (Å²) in [4.78, 5) is -0.142. The van der Waals surface area contributed by atoms with E-state index in [1.54, 1.807) is 6.07 Å². The number of aryl methyl sites for hydroxylation is 1. The summed E-state index contributed by atoms with van der Waals surface area (Å²) in [6, 6.07) is 10.6. The predicted molar refractivity (Wildman–Crippen MR) is 93.6 cm³/mol. The summed E-state index contributed by atoms with van der Waals surface area (Å²) in [6.45, 7) is 2.22. The summed E-state index contributed by atoms with van der Waals surface area (Å²) in [7, 11) is -4.40. The molecule has 126 valence electrons. The molecule has 0 N–H and O–H groups in total. The van der Waals surface area contributed by atoms with E-state index >= 15 is 0 Å². The van der Waals surface area contributed by atoms with Crippen LogP contribution in [0.1, 0.15) is 57.4 Å². The molecule has 0 fully saturated rings. The Labute approximate surface area is 188 Å². The van der Waals surface area contributed by atoms with E-state index in [2.05, 4.69) is 6.92 Å². The van der Waals surface area contributed by atoms with Gasteiger partial charge in [0.1, 0.15) is 10.1 Å². The molecule has 0 unspecified atom stereocenters. The second-order valence-corrected chi connectivity index (χ2v) is 7.51. The standard InChI is InChI=1S/C19H26O3S.K/c1-2-3-4-5-6-7-8-10-16-11-9-12-17-13-14-18(15-19(16)17)23(20,21)22;/h9,11-15H,2-8,10H2,1H3,(H,20,21,22);/q;+1/p-1. The van der Waals surface area contributed by atoms with Crippen molar-refractivity contribution in [3.8, 4) is 0 Å². The second-order valence-electron chi connectivity index (χ2n) is 6.13. The minimum Gasteiger partial charge on any atom is -0.744 e. The number of fused-ring (bicyclic) bond motifs is 1. The van der Waals surface area contributed by atoms with Crippen LogP contribution in [0.5, 0.6) is 0 Å². The fourth-order valence-corrected chi connectivity index (χ4v) is 3.46. The van der Waals surface area contributed by atoms with Crippen LogP contribution in [-0.4, -0.2) is 13.0 Å². The van der Waals surface area contributed by atoms with Crippen molar-refractivity contribution in [1.29, 1.82) is 0 Å². The molecule has 0 spiro atoms. The van der Waals surface area contributed by atoms with Gasteiger partial charge in [0.25, 0.3) is 0 Å². The van der Waals surface area contributed by atoms with Crippen molar-refractivity contribution in [3.05, 3.63) is 42.0 Å². The molecule has 0 saturated carbocycles. The van der Waals surface area contributed by atoms with Crippen molar-refractivity contribution in [1.82, 2.24) is 0 Å². The third-order valence-corrected chi connectivity index (χ3v) is 5.11. The molecule has 0 radical (unpaired) electrons. The van der Waals surface area contributed by atoms with E-state index in [1.807, 2.05) is 18.2 Å². The van der Waals surface area contributed by atoms with Gasteiger partial charge in [-0.25, -0.2) is 8.42 Å². The number of unbranched alkanes of at least 4 members (excludes halogenated alkanes) is 6. The summed E-state index contributed by atoms with van der Waals surface area (Å²) in [5.74, 6) is 0. The van der Waals surface area contributed by atoms with E-state index in [0.29, 0.717) is 0 Å². The molecule has 0 aliphatic carbocycles. The average Bonchev–Trinajstić information content (AvgIpc) is 2.53. The quantitative estimate of drug-likeness (QED) is 0.384. The Bertz CT molecular complexity index is 741.